The molecule has 2 aromatic rings. The van der Waals surface area contributed by atoms with E-state index in [-0.39, 0.29) is 17.5 Å². The Morgan fingerprint density at radius 2 is 1.81 bits per heavy atom. The van der Waals surface area contributed by atoms with Gasteiger partial charge in [-0.15, -0.1) is 0 Å². The molecule has 0 aromatic heterocycles. The van der Waals surface area contributed by atoms with E-state index in [1.807, 2.05) is 6.92 Å². The standard InChI is InChI=1S/C20H25FN4O2/c1-2-22-20(25-14-15-7-9-17(21)10-8-15)24-12-4-11-23-19(27)16-5-3-6-18(26)13-16/h3,5-10,13,26H,2,4,11-12,14H2,1H3,(H,23,27)(H2,22,24,25). The van der Waals surface area contributed by atoms with Crippen LogP contribution in [0.2, 0.25) is 0 Å². The Labute approximate surface area is 158 Å². The summed E-state index contributed by atoms with van der Waals surface area (Å²) < 4.78 is 12.9. The van der Waals surface area contributed by atoms with Gasteiger partial charge in [0.2, 0.25) is 0 Å². The second kappa shape index (κ2) is 10.8. The van der Waals surface area contributed by atoms with Gasteiger partial charge in [0, 0.05) is 25.2 Å². The highest BCUT2D eigenvalue weighted by Crippen LogP contribution is 2.10. The second-order valence-electron chi connectivity index (χ2n) is 5.91. The summed E-state index contributed by atoms with van der Waals surface area (Å²) in [4.78, 5) is 16.4. The van der Waals surface area contributed by atoms with Crippen LogP contribution < -0.4 is 16.0 Å². The van der Waals surface area contributed by atoms with Crippen molar-refractivity contribution < 1.29 is 14.3 Å². The van der Waals surface area contributed by atoms with E-state index >= 15 is 0 Å². The van der Waals surface area contributed by atoms with Crippen molar-refractivity contribution in [1.82, 2.24) is 16.0 Å². The summed E-state index contributed by atoms with van der Waals surface area (Å²) >= 11 is 0. The highest BCUT2D eigenvalue weighted by Gasteiger charge is 2.05. The van der Waals surface area contributed by atoms with Crippen molar-refractivity contribution in [2.24, 2.45) is 4.99 Å². The van der Waals surface area contributed by atoms with E-state index in [0.29, 0.717) is 37.6 Å². The van der Waals surface area contributed by atoms with Crippen LogP contribution >= 0.6 is 0 Å². The topological polar surface area (TPSA) is 85.8 Å². The van der Waals surface area contributed by atoms with Crippen LogP contribution in [0.5, 0.6) is 5.75 Å². The smallest absolute Gasteiger partial charge is 0.251 e. The molecule has 0 saturated carbocycles. The monoisotopic (exact) mass is 372 g/mol. The van der Waals surface area contributed by atoms with Gasteiger partial charge in [-0.3, -0.25) is 4.79 Å². The van der Waals surface area contributed by atoms with Crippen molar-refractivity contribution >= 4 is 11.9 Å². The van der Waals surface area contributed by atoms with Gasteiger partial charge in [0.05, 0.1) is 6.54 Å². The summed E-state index contributed by atoms with van der Waals surface area (Å²) in [6.45, 7) is 4.28. The molecule has 27 heavy (non-hydrogen) atoms. The van der Waals surface area contributed by atoms with Crippen LogP contribution in [-0.2, 0) is 6.54 Å². The predicted octanol–water partition coefficient (Wildman–Crippen LogP) is 2.41. The maximum absolute atomic E-state index is 12.9. The van der Waals surface area contributed by atoms with Crippen molar-refractivity contribution in [1.29, 1.82) is 0 Å². The Morgan fingerprint density at radius 3 is 2.52 bits per heavy atom. The van der Waals surface area contributed by atoms with Crippen molar-refractivity contribution in [2.75, 3.05) is 19.6 Å². The van der Waals surface area contributed by atoms with Crippen molar-refractivity contribution in [3.63, 3.8) is 0 Å². The highest BCUT2D eigenvalue weighted by atomic mass is 19.1. The lowest BCUT2D eigenvalue weighted by atomic mass is 10.2. The van der Waals surface area contributed by atoms with Crippen LogP contribution in [0.3, 0.4) is 0 Å². The fourth-order valence-electron chi connectivity index (χ4n) is 2.35. The van der Waals surface area contributed by atoms with E-state index < -0.39 is 0 Å². The van der Waals surface area contributed by atoms with Gasteiger partial charge in [-0.05, 0) is 49.2 Å². The fraction of sp³-hybridized carbons (Fsp3) is 0.300. The normalized spacial score (nSPS) is 11.1. The Balaban J connectivity index is 1.73. The van der Waals surface area contributed by atoms with Gasteiger partial charge in [-0.1, -0.05) is 18.2 Å². The third-order valence-corrected chi connectivity index (χ3v) is 3.72. The molecule has 4 N–H and O–H groups in total. The van der Waals surface area contributed by atoms with Crippen LogP contribution in [0.25, 0.3) is 0 Å². The molecule has 1 amide bonds. The Kier molecular flexibility index (Phi) is 8.09. The first-order valence-corrected chi connectivity index (χ1v) is 8.92. The average Bonchev–Trinajstić information content (AvgIpc) is 2.66. The van der Waals surface area contributed by atoms with E-state index in [9.17, 15) is 14.3 Å². The average molecular weight is 372 g/mol. The predicted molar refractivity (Wildman–Crippen MR) is 104 cm³/mol. The molecule has 0 heterocycles. The number of hydrogen-bond acceptors (Lipinski definition) is 3. The van der Waals surface area contributed by atoms with Gasteiger partial charge in [0.1, 0.15) is 11.6 Å². The number of halogens is 1. The van der Waals surface area contributed by atoms with Crippen LogP contribution in [0.1, 0.15) is 29.3 Å². The number of benzene rings is 2. The third kappa shape index (κ3) is 7.35. The summed E-state index contributed by atoms with van der Waals surface area (Å²) in [6, 6.07) is 12.5. The molecule has 0 radical (unpaired) electrons. The number of carbonyl (C=O) groups is 1. The number of aliphatic imine (C=N–C) groups is 1. The molecule has 0 fully saturated rings. The molecule has 144 valence electrons. The van der Waals surface area contributed by atoms with E-state index in [4.69, 9.17) is 0 Å². The van der Waals surface area contributed by atoms with Crippen LogP contribution in [0.15, 0.2) is 53.5 Å². The maximum atomic E-state index is 12.9. The quantitative estimate of drug-likeness (QED) is 0.326. The minimum absolute atomic E-state index is 0.0666. The molecule has 0 aliphatic carbocycles. The number of amides is 1. The molecule has 6 nitrogen and oxygen atoms in total. The third-order valence-electron chi connectivity index (χ3n) is 3.72. The molecule has 7 heteroatoms. The van der Waals surface area contributed by atoms with Gasteiger partial charge in [-0.25, -0.2) is 9.38 Å². The number of aromatic hydroxyl groups is 1. The summed E-state index contributed by atoms with van der Waals surface area (Å²) in [5.74, 6) is 0.251. The lowest BCUT2D eigenvalue weighted by Gasteiger charge is -2.11. The summed E-state index contributed by atoms with van der Waals surface area (Å²) in [6.07, 6.45) is 0.714. The molecule has 0 spiro atoms. The van der Waals surface area contributed by atoms with Crippen molar-refractivity contribution in [2.45, 2.75) is 19.9 Å². The van der Waals surface area contributed by atoms with Crippen molar-refractivity contribution in [3.05, 3.63) is 65.5 Å². The zero-order valence-electron chi connectivity index (χ0n) is 15.3. The Bertz CT molecular complexity index is 763. The zero-order valence-corrected chi connectivity index (χ0v) is 15.3. The second-order valence-corrected chi connectivity index (χ2v) is 5.91. The molecule has 0 aliphatic rings. The van der Waals surface area contributed by atoms with E-state index in [0.717, 1.165) is 12.1 Å². The summed E-state index contributed by atoms with van der Waals surface area (Å²) in [7, 11) is 0. The van der Waals surface area contributed by atoms with Crippen LogP contribution in [0, 0.1) is 5.82 Å². The molecular formula is C20H25FN4O2. The SMILES string of the molecule is CCNC(=NCc1ccc(F)cc1)NCCCNC(=O)c1cccc(O)c1. The molecule has 2 rings (SSSR count). The van der Waals surface area contributed by atoms with Gasteiger partial charge in [0.15, 0.2) is 5.96 Å². The lowest BCUT2D eigenvalue weighted by molar-refractivity contribution is 0.0953. The van der Waals surface area contributed by atoms with Gasteiger partial charge >= 0.3 is 0 Å². The molecule has 0 saturated heterocycles. The Hall–Kier alpha value is -3.09. The molecule has 0 bridgehead atoms. The number of hydrogen-bond donors (Lipinski definition) is 4. The molecule has 0 atom stereocenters. The molecule has 0 unspecified atom stereocenters. The van der Waals surface area contributed by atoms with E-state index in [1.54, 1.807) is 24.3 Å². The van der Waals surface area contributed by atoms with Crippen LogP contribution in [-0.4, -0.2) is 36.6 Å². The zero-order chi connectivity index (χ0) is 19.5. The van der Waals surface area contributed by atoms with E-state index in [1.165, 1.54) is 24.3 Å². The maximum Gasteiger partial charge on any atom is 0.251 e. The first-order valence-electron chi connectivity index (χ1n) is 8.92. The first kappa shape index (κ1) is 20.2. The lowest BCUT2D eigenvalue weighted by Crippen LogP contribution is -2.38. The van der Waals surface area contributed by atoms with E-state index in [2.05, 4.69) is 20.9 Å². The minimum Gasteiger partial charge on any atom is -0.508 e. The largest absolute Gasteiger partial charge is 0.508 e. The van der Waals surface area contributed by atoms with Gasteiger partial charge < -0.3 is 21.1 Å². The van der Waals surface area contributed by atoms with Gasteiger partial charge in [-0.2, -0.15) is 0 Å². The number of nitrogens with one attached hydrogen (secondary N) is 3. The number of phenols is 1. The summed E-state index contributed by atoms with van der Waals surface area (Å²) in [5, 5.41) is 18.6. The first-order chi connectivity index (χ1) is 13.1. The highest BCUT2D eigenvalue weighted by molar-refractivity contribution is 5.94. The number of rotatable bonds is 8. The number of phenolic OH excluding ortho intramolecular Hbond substituents is 1. The van der Waals surface area contributed by atoms with Gasteiger partial charge in [0.25, 0.3) is 5.91 Å². The number of nitrogens with zero attached hydrogens (tertiary/aromatic N) is 1. The number of carbonyl (C=O) groups excluding carboxylic acids is 1. The Morgan fingerprint density at radius 1 is 1.07 bits per heavy atom. The molecule has 0 aliphatic heterocycles. The number of guanidine groups is 1. The van der Waals surface area contributed by atoms with Crippen LogP contribution in [0.4, 0.5) is 4.39 Å². The van der Waals surface area contributed by atoms with Crippen molar-refractivity contribution in [3.8, 4) is 5.75 Å². The summed E-state index contributed by atoms with van der Waals surface area (Å²) in [5.41, 5.74) is 1.35. The molecular weight excluding hydrogens is 347 g/mol. The fourth-order valence-corrected chi connectivity index (χ4v) is 2.35. The minimum atomic E-state index is -0.263. The molecule has 2 aromatic carbocycles.